The molecule has 0 atom stereocenters. The minimum absolute atomic E-state index is 0.139. The molecule has 0 saturated carbocycles. The van der Waals surface area contributed by atoms with Crippen molar-refractivity contribution >= 4 is 29.0 Å². The number of carbonyl (C=O) groups is 1. The zero-order chi connectivity index (χ0) is 22.5. The first-order valence-electron chi connectivity index (χ1n) is 11.0. The van der Waals surface area contributed by atoms with Crippen LogP contribution in [0.5, 0.6) is 0 Å². The standard InChI is InChI=1S/C24H29N5O2S/c1-27-23(31)20-9-8-19(16-21(20)26-24(27)32)22(30)25-10-5-11-28-12-14-29(15-13-28)17-18-6-3-2-4-7-18/h2-4,6-9,16H,5,10-15,17H2,1H3,(H,25,30)(H,26,32). The van der Waals surface area contributed by atoms with Crippen molar-refractivity contribution < 1.29 is 4.79 Å². The predicted octanol–water partition coefficient (Wildman–Crippen LogP) is 2.53. The number of hydrogen-bond donors (Lipinski definition) is 2. The molecule has 0 unspecified atom stereocenters. The van der Waals surface area contributed by atoms with E-state index in [2.05, 4.69) is 50.4 Å². The first kappa shape index (κ1) is 22.4. The summed E-state index contributed by atoms with van der Waals surface area (Å²) in [5.74, 6) is -0.139. The lowest BCUT2D eigenvalue weighted by Crippen LogP contribution is -2.46. The fourth-order valence-corrected chi connectivity index (χ4v) is 4.26. The molecule has 2 aromatic carbocycles. The van der Waals surface area contributed by atoms with Crippen molar-refractivity contribution in [2.24, 2.45) is 7.05 Å². The van der Waals surface area contributed by atoms with Crippen molar-refractivity contribution in [1.29, 1.82) is 0 Å². The largest absolute Gasteiger partial charge is 0.352 e. The van der Waals surface area contributed by atoms with Crippen molar-refractivity contribution in [2.45, 2.75) is 13.0 Å². The van der Waals surface area contributed by atoms with Gasteiger partial charge in [0.05, 0.1) is 10.9 Å². The summed E-state index contributed by atoms with van der Waals surface area (Å²) in [7, 11) is 1.63. The van der Waals surface area contributed by atoms with Gasteiger partial charge in [-0.05, 0) is 48.9 Å². The van der Waals surface area contributed by atoms with E-state index in [9.17, 15) is 9.59 Å². The van der Waals surface area contributed by atoms with Crippen molar-refractivity contribution in [3.63, 3.8) is 0 Å². The lowest BCUT2D eigenvalue weighted by molar-refractivity contribution is 0.0947. The van der Waals surface area contributed by atoms with Gasteiger partial charge in [0.15, 0.2) is 4.77 Å². The molecule has 3 aromatic rings. The third kappa shape index (κ3) is 5.32. The summed E-state index contributed by atoms with van der Waals surface area (Å²) in [5.41, 5.74) is 2.30. The molecule has 1 saturated heterocycles. The van der Waals surface area contributed by atoms with Crippen LogP contribution < -0.4 is 10.9 Å². The van der Waals surface area contributed by atoms with Crippen molar-refractivity contribution in [3.05, 3.63) is 74.8 Å². The minimum atomic E-state index is -0.167. The van der Waals surface area contributed by atoms with Crippen molar-refractivity contribution in [3.8, 4) is 0 Å². The number of nitrogens with zero attached hydrogens (tertiary/aromatic N) is 3. The van der Waals surface area contributed by atoms with Gasteiger partial charge in [-0.15, -0.1) is 0 Å². The number of benzene rings is 2. The Morgan fingerprint density at radius 2 is 1.78 bits per heavy atom. The van der Waals surface area contributed by atoms with Gasteiger partial charge in [0.25, 0.3) is 11.5 Å². The van der Waals surface area contributed by atoms with Gasteiger partial charge < -0.3 is 15.2 Å². The number of carbonyl (C=O) groups excluding carboxylic acids is 1. The van der Waals surface area contributed by atoms with E-state index in [1.54, 1.807) is 25.2 Å². The van der Waals surface area contributed by atoms with Crippen LogP contribution >= 0.6 is 12.2 Å². The Bertz CT molecular complexity index is 1200. The molecule has 0 aliphatic carbocycles. The van der Waals surface area contributed by atoms with Gasteiger partial charge in [-0.2, -0.15) is 0 Å². The van der Waals surface area contributed by atoms with Crippen LogP contribution in [0.15, 0.2) is 53.3 Å². The zero-order valence-electron chi connectivity index (χ0n) is 18.3. The quantitative estimate of drug-likeness (QED) is 0.427. The lowest BCUT2D eigenvalue weighted by atomic mass is 10.1. The Balaban J connectivity index is 1.21. The molecular formula is C24H29N5O2S. The summed E-state index contributed by atoms with van der Waals surface area (Å²) in [4.78, 5) is 32.8. The summed E-state index contributed by atoms with van der Waals surface area (Å²) in [6.07, 6.45) is 0.904. The maximum Gasteiger partial charge on any atom is 0.261 e. The average molecular weight is 452 g/mol. The molecule has 2 N–H and O–H groups in total. The molecule has 0 spiro atoms. The van der Waals surface area contributed by atoms with Crippen LogP contribution in [0.25, 0.3) is 10.9 Å². The number of amides is 1. The highest BCUT2D eigenvalue weighted by Crippen LogP contribution is 2.11. The summed E-state index contributed by atoms with van der Waals surface area (Å²) >= 11 is 5.16. The topological polar surface area (TPSA) is 73.4 Å². The number of aromatic nitrogens is 2. The van der Waals surface area contributed by atoms with Gasteiger partial charge in [-0.25, -0.2) is 0 Å². The Hall–Kier alpha value is -2.81. The van der Waals surface area contributed by atoms with E-state index in [1.807, 2.05) is 0 Å². The highest BCUT2D eigenvalue weighted by atomic mass is 32.1. The highest BCUT2D eigenvalue weighted by Gasteiger charge is 2.16. The summed E-state index contributed by atoms with van der Waals surface area (Å²) in [6.45, 7) is 6.85. The number of hydrogen-bond acceptors (Lipinski definition) is 5. The molecule has 168 valence electrons. The molecule has 4 rings (SSSR count). The van der Waals surface area contributed by atoms with E-state index < -0.39 is 0 Å². The summed E-state index contributed by atoms with van der Waals surface area (Å²) in [6, 6.07) is 15.6. The second-order valence-electron chi connectivity index (χ2n) is 8.27. The molecule has 7 nitrogen and oxygen atoms in total. The highest BCUT2D eigenvalue weighted by molar-refractivity contribution is 7.71. The second-order valence-corrected chi connectivity index (χ2v) is 8.65. The van der Waals surface area contributed by atoms with E-state index in [1.165, 1.54) is 10.1 Å². The first-order valence-corrected chi connectivity index (χ1v) is 11.4. The molecule has 32 heavy (non-hydrogen) atoms. The van der Waals surface area contributed by atoms with Crippen molar-refractivity contribution in [2.75, 3.05) is 39.3 Å². The van der Waals surface area contributed by atoms with E-state index in [0.29, 0.717) is 27.8 Å². The molecule has 8 heteroatoms. The Morgan fingerprint density at radius 3 is 2.53 bits per heavy atom. The van der Waals surface area contributed by atoms with Crippen LogP contribution in [-0.4, -0.2) is 64.5 Å². The first-order chi connectivity index (χ1) is 15.5. The smallest absolute Gasteiger partial charge is 0.261 e. The number of nitrogens with one attached hydrogen (secondary N) is 2. The molecule has 1 fully saturated rings. The van der Waals surface area contributed by atoms with Gasteiger partial charge in [0.1, 0.15) is 0 Å². The molecule has 1 aromatic heterocycles. The van der Waals surface area contributed by atoms with Crippen LogP contribution in [0.1, 0.15) is 22.3 Å². The van der Waals surface area contributed by atoms with Gasteiger partial charge in [0.2, 0.25) is 0 Å². The van der Waals surface area contributed by atoms with Gasteiger partial charge in [-0.3, -0.25) is 19.1 Å². The maximum atomic E-state index is 12.5. The third-order valence-electron chi connectivity index (χ3n) is 6.01. The Kier molecular flexibility index (Phi) is 7.14. The molecule has 0 radical (unpaired) electrons. The zero-order valence-corrected chi connectivity index (χ0v) is 19.2. The number of fused-ring (bicyclic) bond motifs is 1. The summed E-state index contributed by atoms with van der Waals surface area (Å²) < 4.78 is 1.72. The van der Waals surface area contributed by atoms with Crippen molar-refractivity contribution in [1.82, 2.24) is 24.7 Å². The van der Waals surface area contributed by atoms with Gasteiger partial charge in [-0.1, -0.05) is 30.3 Å². The van der Waals surface area contributed by atoms with E-state index in [4.69, 9.17) is 12.2 Å². The van der Waals surface area contributed by atoms with E-state index >= 15 is 0 Å². The monoisotopic (exact) mass is 451 g/mol. The molecule has 0 bridgehead atoms. The summed E-state index contributed by atoms with van der Waals surface area (Å²) in [5, 5.41) is 3.50. The van der Waals surface area contributed by atoms with Gasteiger partial charge in [0, 0.05) is 51.9 Å². The third-order valence-corrected chi connectivity index (χ3v) is 6.39. The van der Waals surface area contributed by atoms with Crippen LogP contribution in [-0.2, 0) is 13.6 Å². The fourth-order valence-electron chi connectivity index (χ4n) is 4.07. The molecule has 1 amide bonds. The predicted molar refractivity (Wildman–Crippen MR) is 129 cm³/mol. The Labute approximate surface area is 192 Å². The van der Waals surface area contributed by atoms with Crippen LogP contribution in [0.4, 0.5) is 0 Å². The van der Waals surface area contributed by atoms with E-state index in [-0.39, 0.29) is 11.5 Å². The van der Waals surface area contributed by atoms with Gasteiger partial charge >= 0.3 is 0 Å². The minimum Gasteiger partial charge on any atom is -0.352 e. The second kappa shape index (κ2) is 10.2. The lowest BCUT2D eigenvalue weighted by Gasteiger charge is -2.34. The van der Waals surface area contributed by atoms with E-state index in [0.717, 1.165) is 45.7 Å². The molecular weight excluding hydrogens is 422 g/mol. The average Bonchev–Trinajstić information content (AvgIpc) is 2.81. The maximum absolute atomic E-state index is 12.5. The Morgan fingerprint density at radius 1 is 1.06 bits per heavy atom. The number of rotatable bonds is 7. The molecule has 1 aliphatic rings. The van der Waals surface area contributed by atoms with Crippen LogP contribution in [0.2, 0.25) is 0 Å². The van der Waals surface area contributed by atoms with Crippen LogP contribution in [0, 0.1) is 4.77 Å². The molecule has 2 heterocycles. The molecule has 1 aliphatic heterocycles. The SMILES string of the molecule is Cn1c(=S)[nH]c2cc(C(=O)NCCCN3CCN(Cc4ccccc4)CC3)ccc2c1=O. The fraction of sp³-hybridized carbons (Fsp3) is 0.375. The van der Waals surface area contributed by atoms with Crippen LogP contribution in [0.3, 0.4) is 0 Å². The number of piperazine rings is 1. The number of aromatic amines is 1. The number of H-pyrrole nitrogens is 1. The normalized spacial score (nSPS) is 15.2.